The van der Waals surface area contributed by atoms with Gasteiger partial charge in [-0.05, 0) is 57.1 Å². The van der Waals surface area contributed by atoms with Gasteiger partial charge in [0.05, 0.1) is 25.8 Å². The first kappa shape index (κ1) is 24.6. The van der Waals surface area contributed by atoms with Crippen molar-refractivity contribution in [1.82, 2.24) is 20.4 Å². The molecule has 0 bridgehead atoms. The Morgan fingerprint density at radius 2 is 1.80 bits per heavy atom. The molecule has 0 radical (unpaired) electrons. The molecule has 0 aromatic heterocycles. The number of hydrogen-bond donors (Lipinski definition) is 2. The van der Waals surface area contributed by atoms with Crippen molar-refractivity contribution in [2.45, 2.75) is 39.7 Å². The van der Waals surface area contributed by atoms with Crippen LogP contribution in [0.1, 0.15) is 45.2 Å². The zero-order chi connectivity index (χ0) is 21.6. The van der Waals surface area contributed by atoms with Gasteiger partial charge in [0.1, 0.15) is 5.82 Å². The first-order chi connectivity index (χ1) is 14.7. The van der Waals surface area contributed by atoms with E-state index in [-0.39, 0.29) is 11.9 Å². The zero-order valence-electron chi connectivity index (χ0n) is 19.0. The van der Waals surface area contributed by atoms with Crippen LogP contribution in [0, 0.1) is 5.82 Å². The summed E-state index contributed by atoms with van der Waals surface area (Å²) in [5.74, 6) is 0.642. The summed E-state index contributed by atoms with van der Waals surface area (Å²) in [6.07, 6.45) is 2.30. The largest absolute Gasteiger partial charge is 0.379 e. The van der Waals surface area contributed by atoms with E-state index in [1.54, 1.807) is 0 Å². The Balaban J connectivity index is 1.94. The van der Waals surface area contributed by atoms with Crippen molar-refractivity contribution in [3.63, 3.8) is 0 Å². The topological polar surface area (TPSA) is 52.1 Å². The molecule has 1 aliphatic rings. The number of aliphatic imine (C=N–C) groups is 1. The number of nitrogens with one attached hydrogen (secondary N) is 2. The van der Waals surface area contributed by atoms with Crippen molar-refractivity contribution in [1.29, 1.82) is 0 Å². The second-order valence-electron chi connectivity index (χ2n) is 7.60. The van der Waals surface area contributed by atoms with Gasteiger partial charge in [0.25, 0.3) is 0 Å². The van der Waals surface area contributed by atoms with E-state index in [4.69, 9.17) is 9.73 Å². The molecule has 0 spiro atoms. The average Bonchev–Trinajstić information content (AvgIpc) is 2.78. The van der Waals surface area contributed by atoms with Gasteiger partial charge >= 0.3 is 0 Å². The molecule has 170 valence electrons. The molecular weight excluding hydrogens is 381 g/mol. The fraction of sp³-hybridized carbons (Fsp3) is 0.696. The second-order valence-corrected chi connectivity index (χ2v) is 7.60. The minimum absolute atomic E-state index is 0.118. The third-order valence-corrected chi connectivity index (χ3v) is 5.60. The van der Waals surface area contributed by atoms with Crippen LogP contribution in [-0.2, 0) is 4.74 Å². The average molecular weight is 422 g/mol. The molecule has 1 fully saturated rings. The van der Waals surface area contributed by atoms with Gasteiger partial charge in [0, 0.05) is 26.2 Å². The Bertz CT molecular complexity index is 600. The standard InChI is InChI=1S/C23H40FN5O/c1-4-25-23(26-13-7-8-14-28(5-2)6-3)27-19-22(29-15-17-30-18-16-29)20-9-11-21(24)12-10-20/h9-12,22H,4-8,13-19H2,1-3H3,(H2,25,26,27). The van der Waals surface area contributed by atoms with E-state index in [2.05, 4.69) is 41.2 Å². The predicted molar refractivity (Wildman–Crippen MR) is 123 cm³/mol. The molecule has 1 atom stereocenters. The third-order valence-electron chi connectivity index (χ3n) is 5.60. The number of ether oxygens (including phenoxy) is 1. The Morgan fingerprint density at radius 1 is 1.10 bits per heavy atom. The molecule has 0 aliphatic carbocycles. The maximum Gasteiger partial charge on any atom is 0.191 e. The van der Waals surface area contributed by atoms with E-state index in [1.807, 2.05) is 12.1 Å². The molecule has 1 aliphatic heterocycles. The van der Waals surface area contributed by atoms with Crippen LogP contribution in [0.15, 0.2) is 29.3 Å². The smallest absolute Gasteiger partial charge is 0.191 e. The van der Waals surface area contributed by atoms with Crippen LogP contribution in [0.2, 0.25) is 0 Å². The quantitative estimate of drug-likeness (QED) is 0.309. The van der Waals surface area contributed by atoms with Crippen LogP contribution in [-0.4, -0.2) is 81.3 Å². The number of nitrogens with zero attached hydrogens (tertiary/aromatic N) is 3. The molecule has 6 nitrogen and oxygen atoms in total. The van der Waals surface area contributed by atoms with Gasteiger partial charge in [-0.25, -0.2) is 4.39 Å². The molecule has 0 saturated carbocycles. The summed E-state index contributed by atoms with van der Waals surface area (Å²) in [7, 11) is 0. The highest BCUT2D eigenvalue weighted by molar-refractivity contribution is 5.79. The lowest BCUT2D eigenvalue weighted by atomic mass is 10.0. The van der Waals surface area contributed by atoms with Crippen molar-refractivity contribution in [3.8, 4) is 0 Å². The highest BCUT2D eigenvalue weighted by Crippen LogP contribution is 2.22. The van der Waals surface area contributed by atoms with E-state index < -0.39 is 0 Å². The summed E-state index contributed by atoms with van der Waals surface area (Å²) in [5.41, 5.74) is 1.09. The summed E-state index contributed by atoms with van der Waals surface area (Å²) in [6, 6.07) is 6.93. The molecule has 1 unspecified atom stereocenters. The maximum atomic E-state index is 13.4. The minimum atomic E-state index is -0.206. The number of halogens is 1. The van der Waals surface area contributed by atoms with Gasteiger partial charge in [-0.3, -0.25) is 9.89 Å². The molecular formula is C23H40FN5O. The van der Waals surface area contributed by atoms with E-state index in [0.717, 1.165) is 77.0 Å². The maximum absolute atomic E-state index is 13.4. The van der Waals surface area contributed by atoms with Gasteiger partial charge in [0.15, 0.2) is 5.96 Å². The molecule has 2 rings (SSSR count). The van der Waals surface area contributed by atoms with Crippen LogP contribution in [0.5, 0.6) is 0 Å². The van der Waals surface area contributed by atoms with Crippen LogP contribution in [0.3, 0.4) is 0 Å². The molecule has 1 heterocycles. The van der Waals surface area contributed by atoms with Crippen LogP contribution in [0.4, 0.5) is 4.39 Å². The van der Waals surface area contributed by atoms with Crippen molar-refractivity contribution in [2.24, 2.45) is 4.99 Å². The van der Waals surface area contributed by atoms with E-state index >= 15 is 0 Å². The normalized spacial score (nSPS) is 16.6. The molecule has 2 N–H and O–H groups in total. The van der Waals surface area contributed by atoms with Crippen molar-refractivity contribution < 1.29 is 9.13 Å². The van der Waals surface area contributed by atoms with E-state index in [0.29, 0.717) is 6.54 Å². The minimum Gasteiger partial charge on any atom is -0.379 e. The van der Waals surface area contributed by atoms with Crippen molar-refractivity contribution >= 4 is 5.96 Å². The Labute approximate surface area is 181 Å². The lowest BCUT2D eigenvalue weighted by Crippen LogP contribution is -2.42. The molecule has 1 aromatic carbocycles. The van der Waals surface area contributed by atoms with Crippen molar-refractivity contribution in [3.05, 3.63) is 35.6 Å². The van der Waals surface area contributed by atoms with Gasteiger partial charge in [-0.1, -0.05) is 26.0 Å². The summed E-state index contributed by atoms with van der Waals surface area (Å²) < 4.78 is 18.9. The number of guanidine groups is 1. The zero-order valence-corrected chi connectivity index (χ0v) is 19.0. The summed E-state index contributed by atoms with van der Waals surface area (Å²) in [4.78, 5) is 9.70. The number of unbranched alkanes of at least 4 members (excludes halogenated alkanes) is 1. The van der Waals surface area contributed by atoms with E-state index in [9.17, 15) is 4.39 Å². The lowest BCUT2D eigenvalue weighted by molar-refractivity contribution is 0.0179. The SMILES string of the molecule is CCNC(=NCC(c1ccc(F)cc1)N1CCOCC1)NCCCCN(CC)CC. The monoisotopic (exact) mass is 421 g/mol. The molecule has 0 amide bonds. The summed E-state index contributed by atoms with van der Waals surface area (Å²) in [5, 5.41) is 6.82. The summed E-state index contributed by atoms with van der Waals surface area (Å²) in [6.45, 7) is 15.4. The lowest BCUT2D eigenvalue weighted by Gasteiger charge is -2.34. The Kier molecular flexibility index (Phi) is 11.7. The summed E-state index contributed by atoms with van der Waals surface area (Å²) >= 11 is 0. The number of rotatable bonds is 12. The molecule has 1 saturated heterocycles. The fourth-order valence-electron chi connectivity index (χ4n) is 3.73. The number of morpholine rings is 1. The van der Waals surface area contributed by atoms with E-state index in [1.165, 1.54) is 18.6 Å². The third kappa shape index (κ3) is 8.58. The number of benzene rings is 1. The highest BCUT2D eigenvalue weighted by Gasteiger charge is 2.22. The van der Waals surface area contributed by atoms with Crippen molar-refractivity contribution in [2.75, 3.05) is 65.6 Å². The van der Waals surface area contributed by atoms with Gasteiger partial charge in [0.2, 0.25) is 0 Å². The van der Waals surface area contributed by atoms with Gasteiger partial charge < -0.3 is 20.3 Å². The van der Waals surface area contributed by atoms with Gasteiger partial charge in [-0.15, -0.1) is 0 Å². The van der Waals surface area contributed by atoms with Crippen LogP contribution >= 0.6 is 0 Å². The second kappa shape index (κ2) is 14.3. The Morgan fingerprint density at radius 3 is 2.43 bits per heavy atom. The number of hydrogen-bond acceptors (Lipinski definition) is 4. The first-order valence-corrected chi connectivity index (χ1v) is 11.5. The first-order valence-electron chi connectivity index (χ1n) is 11.5. The molecule has 7 heteroatoms. The fourth-order valence-corrected chi connectivity index (χ4v) is 3.73. The Hall–Kier alpha value is -1.70. The molecule has 1 aromatic rings. The highest BCUT2D eigenvalue weighted by atomic mass is 19.1. The van der Waals surface area contributed by atoms with Crippen LogP contribution in [0.25, 0.3) is 0 Å². The van der Waals surface area contributed by atoms with Crippen LogP contribution < -0.4 is 10.6 Å². The molecule has 30 heavy (non-hydrogen) atoms. The van der Waals surface area contributed by atoms with Gasteiger partial charge in [-0.2, -0.15) is 0 Å². The predicted octanol–water partition coefficient (Wildman–Crippen LogP) is 2.88.